The van der Waals surface area contributed by atoms with Crippen LogP contribution in [0, 0.1) is 6.92 Å². The number of aromatic amines is 1. The second-order valence-corrected chi connectivity index (χ2v) is 5.71. The van der Waals surface area contributed by atoms with Crippen LogP contribution in [0.2, 0.25) is 0 Å². The summed E-state index contributed by atoms with van der Waals surface area (Å²) in [5.74, 6) is -0.289. The summed E-state index contributed by atoms with van der Waals surface area (Å²) in [6.45, 7) is 1.85. The van der Waals surface area contributed by atoms with Crippen molar-refractivity contribution in [1.29, 1.82) is 0 Å². The Morgan fingerprint density at radius 3 is 2.74 bits per heavy atom. The third kappa shape index (κ3) is 4.63. The van der Waals surface area contributed by atoms with Crippen LogP contribution in [0.3, 0.4) is 0 Å². The molecule has 3 rings (SSSR count). The molecule has 0 spiro atoms. The molecule has 0 aliphatic carbocycles. The quantitative estimate of drug-likeness (QED) is 0.709. The number of nitrogens with zero attached hydrogens (tertiary/aromatic N) is 2. The maximum Gasteiger partial charge on any atom is 0.416 e. The van der Waals surface area contributed by atoms with Gasteiger partial charge in [-0.1, -0.05) is 12.1 Å². The number of aryl methyl sites for hydroxylation is 1. The molecule has 27 heavy (non-hydrogen) atoms. The van der Waals surface area contributed by atoms with E-state index in [0.717, 1.165) is 17.8 Å². The van der Waals surface area contributed by atoms with E-state index in [2.05, 4.69) is 20.5 Å². The number of pyridine rings is 1. The smallest absolute Gasteiger partial charge is 0.416 e. The van der Waals surface area contributed by atoms with Gasteiger partial charge in [0, 0.05) is 24.0 Å². The van der Waals surface area contributed by atoms with Crippen LogP contribution < -0.4 is 10.1 Å². The highest BCUT2D eigenvalue weighted by molar-refractivity contribution is 5.92. The number of aromatic nitrogens is 3. The molecule has 6 nitrogen and oxygen atoms in total. The molecule has 0 aliphatic rings. The molecule has 2 N–H and O–H groups in total. The van der Waals surface area contributed by atoms with Gasteiger partial charge in [-0.25, -0.2) is 4.98 Å². The minimum Gasteiger partial charge on any atom is -0.439 e. The number of carbonyl (C=O) groups is 1. The highest BCUT2D eigenvalue weighted by atomic mass is 19.4. The van der Waals surface area contributed by atoms with E-state index < -0.39 is 17.6 Å². The largest absolute Gasteiger partial charge is 0.439 e. The van der Waals surface area contributed by atoms with Crippen molar-refractivity contribution in [2.45, 2.75) is 19.6 Å². The van der Waals surface area contributed by atoms with Gasteiger partial charge in [-0.05, 0) is 37.3 Å². The van der Waals surface area contributed by atoms with Crippen molar-refractivity contribution in [2.75, 3.05) is 0 Å². The Balaban J connectivity index is 1.74. The molecule has 3 aromatic rings. The molecule has 0 saturated carbocycles. The van der Waals surface area contributed by atoms with Gasteiger partial charge in [0.1, 0.15) is 11.4 Å². The van der Waals surface area contributed by atoms with E-state index in [1.165, 1.54) is 18.3 Å². The van der Waals surface area contributed by atoms with Crippen LogP contribution in [0.15, 0.2) is 48.7 Å². The first-order valence-corrected chi connectivity index (χ1v) is 7.92. The fraction of sp³-hybridized carbons (Fsp3) is 0.167. The van der Waals surface area contributed by atoms with Crippen LogP contribution in [0.4, 0.5) is 13.2 Å². The number of nitrogens with one attached hydrogen (secondary N) is 2. The fourth-order valence-electron chi connectivity index (χ4n) is 2.30. The summed E-state index contributed by atoms with van der Waals surface area (Å²) in [6, 6.07) is 9.40. The number of carbonyl (C=O) groups excluding carboxylic acids is 1. The molecule has 0 bridgehead atoms. The van der Waals surface area contributed by atoms with Crippen molar-refractivity contribution >= 4 is 5.91 Å². The first-order chi connectivity index (χ1) is 12.8. The number of alkyl halides is 3. The summed E-state index contributed by atoms with van der Waals surface area (Å²) in [7, 11) is 0. The third-order valence-corrected chi connectivity index (χ3v) is 3.60. The van der Waals surface area contributed by atoms with E-state index in [1.54, 1.807) is 25.1 Å². The van der Waals surface area contributed by atoms with Crippen molar-refractivity contribution in [1.82, 2.24) is 20.5 Å². The summed E-state index contributed by atoms with van der Waals surface area (Å²) in [4.78, 5) is 16.1. The van der Waals surface area contributed by atoms with Crippen molar-refractivity contribution in [2.24, 2.45) is 0 Å². The average molecular weight is 376 g/mol. The lowest BCUT2D eigenvalue weighted by atomic mass is 10.2. The number of benzene rings is 1. The van der Waals surface area contributed by atoms with E-state index >= 15 is 0 Å². The predicted octanol–water partition coefficient (Wildman–Crippen LogP) is 3.85. The van der Waals surface area contributed by atoms with Gasteiger partial charge >= 0.3 is 6.18 Å². The van der Waals surface area contributed by atoms with E-state index in [4.69, 9.17) is 4.74 Å². The van der Waals surface area contributed by atoms with Gasteiger partial charge in [-0.2, -0.15) is 18.3 Å². The normalized spacial score (nSPS) is 11.3. The first kappa shape index (κ1) is 18.4. The second-order valence-electron chi connectivity index (χ2n) is 5.71. The van der Waals surface area contributed by atoms with Gasteiger partial charge in [-0.3, -0.25) is 9.89 Å². The Hall–Kier alpha value is -3.36. The predicted molar refractivity (Wildman–Crippen MR) is 90.2 cm³/mol. The van der Waals surface area contributed by atoms with E-state index in [1.807, 2.05) is 0 Å². The van der Waals surface area contributed by atoms with Crippen molar-refractivity contribution < 1.29 is 22.7 Å². The van der Waals surface area contributed by atoms with E-state index in [0.29, 0.717) is 5.56 Å². The standard InChI is InChI=1S/C18H15F3N4O2/c1-11-8-15(25-24-11)16(26)23-10-12-4-3-7-22-17(12)27-14-6-2-5-13(9-14)18(19,20)21/h2-9H,10H2,1H3,(H,23,26)(H,24,25). The van der Waals surface area contributed by atoms with Gasteiger partial charge < -0.3 is 10.1 Å². The van der Waals surface area contributed by atoms with Crippen molar-refractivity contribution in [3.63, 3.8) is 0 Å². The summed E-state index contributed by atoms with van der Waals surface area (Å²) in [6.07, 6.45) is -3.02. The Kier molecular flexibility index (Phi) is 5.11. The molecule has 0 unspecified atom stereocenters. The number of rotatable bonds is 5. The Morgan fingerprint density at radius 1 is 1.22 bits per heavy atom. The minimum absolute atomic E-state index is 0.000900. The van der Waals surface area contributed by atoms with Gasteiger partial charge in [0.2, 0.25) is 5.88 Å². The van der Waals surface area contributed by atoms with Gasteiger partial charge in [0.25, 0.3) is 5.91 Å². The maximum atomic E-state index is 12.8. The van der Waals surface area contributed by atoms with Gasteiger partial charge in [0.15, 0.2) is 0 Å². The molecule has 9 heteroatoms. The fourth-order valence-corrected chi connectivity index (χ4v) is 2.30. The lowest BCUT2D eigenvalue weighted by Gasteiger charge is -2.12. The van der Waals surface area contributed by atoms with Crippen LogP contribution >= 0.6 is 0 Å². The lowest BCUT2D eigenvalue weighted by molar-refractivity contribution is -0.137. The van der Waals surface area contributed by atoms with E-state index in [-0.39, 0.29) is 23.9 Å². The van der Waals surface area contributed by atoms with Crippen molar-refractivity contribution in [3.05, 3.63) is 71.2 Å². The number of hydrogen-bond acceptors (Lipinski definition) is 4. The molecule has 0 aliphatic heterocycles. The zero-order valence-electron chi connectivity index (χ0n) is 14.2. The van der Waals surface area contributed by atoms with Crippen LogP contribution in [-0.2, 0) is 12.7 Å². The number of hydrogen-bond donors (Lipinski definition) is 2. The molecule has 0 fully saturated rings. The Labute approximate surface area is 152 Å². The molecule has 2 aromatic heterocycles. The van der Waals surface area contributed by atoms with E-state index in [9.17, 15) is 18.0 Å². The number of amides is 1. The van der Waals surface area contributed by atoms with Crippen LogP contribution in [0.5, 0.6) is 11.6 Å². The zero-order chi connectivity index (χ0) is 19.4. The van der Waals surface area contributed by atoms with Gasteiger partial charge in [-0.15, -0.1) is 0 Å². The number of H-pyrrole nitrogens is 1. The maximum absolute atomic E-state index is 12.8. The molecule has 0 saturated heterocycles. The topological polar surface area (TPSA) is 79.9 Å². The minimum atomic E-state index is -4.47. The molecular weight excluding hydrogens is 361 g/mol. The molecule has 0 radical (unpaired) electrons. The lowest BCUT2D eigenvalue weighted by Crippen LogP contribution is -2.23. The highest BCUT2D eigenvalue weighted by Crippen LogP contribution is 2.32. The molecule has 1 aromatic carbocycles. The van der Waals surface area contributed by atoms with Crippen LogP contribution in [0.25, 0.3) is 0 Å². The Morgan fingerprint density at radius 2 is 2.04 bits per heavy atom. The molecular formula is C18H15F3N4O2. The monoisotopic (exact) mass is 376 g/mol. The Bertz CT molecular complexity index is 954. The molecule has 140 valence electrons. The second kappa shape index (κ2) is 7.48. The van der Waals surface area contributed by atoms with Crippen LogP contribution in [0.1, 0.15) is 27.3 Å². The molecule has 1 amide bonds. The average Bonchev–Trinajstić information content (AvgIpc) is 3.07. The summed E-state index contributed by atoms with van der Waals surface area (Å²) in [5, 5.41) is 9.20. The van der Waals surface area contributed by atoms with Crippen molar-refractivity contribution in [3.8, 4) is 11.6 Å². The summed E-state index contributed by atoms with van der Waals surface area (Å²) < 4.78 is 44.0. The summed E-state index contributed by atoms with van der Waals surface area (Å²) >= 11 is 0. The molecule has 0 atom stereocenters. The third-order valence-electron chi connectivity index (χ3n) is 3.60. The highest BCUT2D eigenvalue weighted by Gasteiger charge is 2.30. The number of ether oxygens (including phenoxy) is 1. The first-order valence-electron chi connectivity index (χ1n) is 7.92. The number of halogens is 3. The summed E-state index contributed by atoms with van der Waals surface area (Å²) in [5.41, 5.74) is 0.669. The SMILES string of the molecule is Cc1cc(C(=O)NCc2cccnc2Oc2cccc(C(F)(F)F)c2)n[nH]1. The van der Waals surface area contributed by atoms with Crippen LogP contribution in [-0.4, -0.2) is 21.1 Å². The van der Waals surface area contributed by atoms with Gasteiger partial charge in [0.05, 0.1) is 5.56 Å². The molecule has 2 heterocycles. The zero-order valence-corrected chi connectivity index (χ0v) is 14.2.